The van der Waals surface area contributed by atoms with Crippen LogP contribution in [-0.2, 0) is 9.59 Å². The maximum absolute atomic E-state index is 11.6. The molecule has 8 heteroatoms. The Morgan fingerprint density at radius 3 is 2.10 bits per heavy atom. The Kier molecular flexibility index (Phi) is 5.82. The average Bonchev–Trinajstić information content (AvgIpc) is 2.51. The molecule has 0 aliphatic heterocycles. The number of rotatable bonds is 5. The number of hydrogen-bond acceptors (Lipinski definition) is 6. The first-order valence-electron chi connectivity index (χ1n) is 5.83. The van der Waals surface area contributed by atoms with Crippen LogP contribution in [0.3, 0.4) is 0 Å². The molecule has 0 saturated carbocycles. The number of hydrogen-bond donors (Lipinski definition) is 2. The van der Waals surface area contributed by atoms with Crippen molar-refractivity contribution in [1.29, 1.82) is 5.26 Å². The van der Waals surface area contributed by atoms with Crippen molar-refractivity contribution in [3.05, 3.63) is 12.1 Å². The van der Waals surface area contributed by atoms with Crippen molar-refractivity contribution in [2.24, 2.45) is 0 Å². The second kappa shape index (κ2) is 7.59. The first kappa shape index (κ1) is 16.1. The van der Waals surface area contributed by atoms with Crippen molar-refractivity contribution in [2.45, 2.75) is 0 Å². The van der Waals surface area contributed by atoms with Crippen LogP contribution in [0.1, 0.15) is 0 Å². The Hall–Kier alpha value is -2.95. The summed E-state index contributed by atoms with van der Waals surface area (Å²) in [7, 11) is 4.32. The predicted molar refractivity (Wildman–Crippen MR) is 73.4 cm³/mol. The highest BCUT2D eigenvalue weighted by Gasteiger charge is 2.17. The van der Waals surface area contributed by atoms with Crippen molar-refractivity contribution in [3.8, 4) is 23.3 Å². The van der Waals surface area contributed by atoms with Gasteiger partial charge in [0.25, 0.3) is 0 Å². The van der Waals surface area contributed by atoms with Crippen molar-refractivity contribution < 1.29 is 23.8 Å². The maximum Gasteiger partial charge on any atom is 0.313 e. The standard InChI is InChI=1S/C13H15N3O5/c1-19-9-6-8(7-10(20-2)11(9)21-3)16-13(18)12(17)15-5-4-14/h6-7H,5H2,1-3H3,(H,15,17)(H,16,18). The fourth-order valence-corrected chi connectivity index (χ4v) is 1.54. The van der Waals surface area contributed by atoms with Crippen LogP contribution in [0, 0.1) is 11.3 Å². The van der Waals surface area contributed by atoms with Crippen LogP contribution in [0.5, 0.6) is 17.2 Å². The van der Waals surface area contributed by atoms with Crippen LogP contribution in [-0.4, -0.2) is 39.7 Å². The lowest BCUT2D eigenvalue weighted by Crippen LogP contribution is -2.35. The van der Waals surface area contributed by atoms with Gasteiger partial charge >= 0.3 is 11.8 Å². The molecule has 0 aromatic heterocycles. The van der Waals surface area contributed by atoms with Gasteiger partial charge in [0.1, 0.15) is 6.54 Å². The van der Waals surface area contributed by atoms with E-state index in [-0.39, 0.29) is 6.54 Å². The molecule has 0 fully saturated rings. The summed E-state index contributed by atoms with van der Waals surface area (Å²) in [6.07, 6.45) is 0. The van der Waals surface area contributed by atoms with E-state index in [0.29, 0.717) is 22.9 Å². The molecule has 0 radical (unpaired) electrons. The summed E-state index contributed by atoms with van der Waals surface area (Å²) in [5, 5.41) is 12.8. The molecule has 1 aromatic carbocycles. The van der Waals surface area contributed by atoms with Gasteiger partial charge in [0, 0.05) is 17.8 Å². The minimum Gasteiger partial charge on any atom is -0.493 e. The molecule has 0 spiro atoms. The van der Waals surface area contributed by atoms with E-state index in [1.165, 1.54) is 33.5 Å². The van der Waals surface area contributed by atoms with Gasteiger partial charge < -0.3 is 24.8 Å². The number of nitrogens with one attached hydrogen (secondary N) is 2. The van der Waals surface area contributed by atoms with Gasteiger partial charge in [-0.3, -0.25) is 9.59 Å². The molecule has 0 atom stereocenters. The molecule has 8 nitrogen and oxygen atoms in total. The molecule has 0 aliphatic rings. The number of benzene rings is 1. The van der Waals surface area contributed by atoms with Crippen LogP contribution in [0.4, 0.5) is 5.69 Å². The van der Waals surface area contributed by atoms with Gasteiger partial charge in [-0.2, -0.15) is 5.26 Å². The number of carbonyl (C=O) groups is 2. The zero-order valence-corrected chi connectivity index (χ0v) is 11.9. The SMILES string of the molecule is COc1cc(NC(=O)C(=O)NCC#N)cc(OC)c1OC. The number of methoxy groups -OCH3 is 3. The Labute approximate surface area is 121 Å². The summed E-state index contributed by atoms with van der Waals surface area (Å²) in [4.78, 5) is 23.0. The summed E-state index contributed by atoms with van der Waals surface area (Å²) in [6, 6.07) is 4.67. The number of anilines is 1. The molecule has 2 amide bonds. The molecule has 0 aliphatic carbocycles. The molecule has 1 rings (SSSR count). The smallest absolute Gasteiger partial charge is 0.313 e. The Morgan fingerprint density at radius 1 is 1.10 bits per heavy atom. The minimum atomic E-state index is -0.912. The first-order valence-corrected chi connectivity index (χ1v) is 5.83. The number of amides is 2. The van der Waals surface area contributed by atoms with Gasteiger partial charge in [-0.15, -0.1) is 0 Å². The maximum atomic E-state index is 11.6. The van der Waals surface area contributed by atoms with E-state index in [1.54, 1.807) is 6.07 Å². The molecule has 21 heavy (non-hydrogen) atoms. The second-order valence-electron chi connectivity index (χ2n) is 3.71. The van der Waals surface area contributed by atoms with E-state index in [9.17, 15) is 9.59 Å². The second-order valence-corrected chi connectivity index (χ2v) is 3.71. The van der Waals surface area contributed by atoms with E-state index >= 15 is 0 Å². The highest BCUT2D eigenvalue weighted by Crippen LogP contribution is 2.39. The van der Waals surface area contributed by atoms with Crippen molar-refractivity contribution in [2.75, 3.05) is 33.2 Å². The summed E-state index contributed by atoms with van der Waals surface area (Å²) < 4.78 is 15.4. The van der Waals surface area contributed by atoms with Gasteiger partial charge in [-0.05, 0) is 0 Å². The topological polar surface area (TPSA) is 110 Å². The lowest BCUT2D eigenvalue weighted by molar-refractivity contribution is -0.136. The third kappa shape index (κ3) is 4.01. The van der Waals surface area contributed by atoms with Crippen molar-refractivity contribution in [1.82, 2.24) is 5.32 Å². The third-order valence-electron chi connectivity index (χ3n) is 2.46. The fraction of sp³-hybridized carbons (Fsp3) is 0.308. The van der Waals surface area contributed by atoms with Gasteiger partial charge in [0.05, 0.1) is 27.4 Å². The lowest BCUT2D eigenvalue weighted by atomic mass is 10.2. The normalized spacial score (nSPS) is 9.24. The third-order valence-corrected chi connectivity index (χ3v) is 2.46. The van der Waals surface area contributed by atoms with E-state index in [2.05, 4.69) is 10.6 Å². The molecule has 2 N–H and O–H groups in total. The van der Waals surface area contributed by atoms with Gasteiger partial charge in [0.15, 0.2) is 11.5 Å². The number of nitrogens with zero attached hydrogens (tertiary/aromatic N) is 1. The van der Waals surface area contributed by atoms with E-state index in [4.69, 9.17) is 19.5 Å². The number of carbonyl (C=O) groups excluding carboxylic acids is 2. The van der Waals surface area contributed by atoms with Crippen LogP contribution >= 0.6 is 0 Å². The number of nitriles is 1. The Morgan fingerprint density at radius 2 is 1.67 bits per heavy atom. The quantitative estimate of drug-likeness (QED) is 0.596. The molecular formula is C13H15N3O5. The highest BCUT2D eigenvalue weighted by molar-refractivity contribution is 6.39. The first-order chi connectivity index (χ1) is 10.1. The molecule has 0 bridgehead atoms. The molecule has 0 heterocycles. The van der Waals surface area contributed by atoms with E-state index < -0.39 is 11.8 Å². The minimum absolute atomic E-state index is 0.249. The Bertz CT molecular complexity index is 555. The summed E-state index contributed by atoms with van der Waals surface area (Å²) in [6.45, 7) is -0.249. The molecule has 112 valence electrons. The zero-order valence-electron chi connectivity index (χ0n) is 11.9. The van der Waals surface area contributed by atoms with Crippen LogP contribution in [0.15, 0.2) is 12.1 Å². The summed E-state index contributed by atoms with van der Waals surface area (Å²) in [5.41, 5.74) is 0.293. The largest absolute Gasteiger partial charge is 0.493 e. The lowest BCUT2D eigenvalue weighted by Gasteiger charge is -2.14. The van der Waals surface area contributed by atoms with E-state index in [0.717, 1.165) is 0 Å². The number of ether oxygens (including phenoxy) is 3. The Balaban J connectivity index is 2.96. The monoisotopic (exact) mass is 293 g/mol. The zero-order chi connectivity index (χ0) is 15.8. The molecular weight excluding hydrogens is 278 g/mol. The molecule has 0 unspecified atom stereocenters. The van der Waals surface area contributed by atoms with Crippen LogP contribution < -0.4 is 24.8 Å². The fourth-order valence-electron chi connectivity index (χ4n) is 1.54. The predicted octanol–water partition coefficient (Wildman–Crippen LogP) is 0.291. The van der Waals surface area contributed by atoms with Crippen LogP contribution in [0.25, 0.3) is 0 Å². The molecule has 1 aromatic rings. The van der Waals surface area contributed by atoms with Crippen molar-refractivity contribution in [3.63, 3.8) is 0 Å². The van der Waals surface area contributed by atoms with Crippen LogP contribution in [0.2, 0.25) is 0 Å². The average molecular weight is 293 g/mol. The molecule has 0 saturated heterocycles. The van der Waals surface area contributed by atoms with E-state index in [1.807, 2.05) is 0 Å². The highest BCUT2D eigenvalue weighted by atomic mass is 16.5. The summed E-state index contributed by atoms with van der Waals surface area (Å²) >= 11 is 0. The van der Waals surface area contributed by atoms with Crippen molar-refractivity contribution >= 4 is 17.5 Å². The van der Waals surface area contributed by atoms with Gasteiger partial charge in [-0.25, -0.2) is 0 Å². The summed E-state index contributed by atoms with van der Waals surface area (Å²) in [5.74, 6) is -0.772. The van der Waals surface area contributed by atoms with Gasteiger partial charge in [-0.1, -0.05) is 0 Å². The van der Waals surface area contributed by atoms with Gasteiger partial charge in [0.2, 0.25) is 5.75 Å².